The Kier molecular flexibility index (Phi) is 7.24. The second-order valence-corrected chi connectivity index (χ2v) is 7.94. The van der Waals surface area contributed by atoms with Gasteiger partial charge in [-0.15, -0.1) is 0 Å². The van der Waals surface area contributed by atoms with E-state index in [4.69, 9.17) is 0 Å². The number of hydrogen-bond donors (Lipinski definition) is 1. The van der Waals surface area contributed by atoms with Crippen molar-refractivity contribution in [2.45, 2.75) is 33.1 Å². The van der Waals surface area contributed by atoms with Crippen LogP contribution in [0.4, 0.5) is 0 Å². The first-order valence-corrected chi connectivity index (χ1v) is 9.40. The van der Waals surface area contributed by atoms with Gasteiger partial charge in [0.2, 0.25) is 0 Å². The van der Waals surface area contributed by atoms with Gasteiger partial charge in [-0.1, -0.05) is 36.8 Å². The van der Waals surface area contributed by atoms with Gasteiger partial charge in [0.25, 0.3) is 0 Å². The minimum absolute atomic E-state index is 0.275. The highest BCUT2D eigenvalue weighted by atomic mass is 32.2. The summed E-state index contributed by atoms with van der Waals surface area (Å²) in [6, 6.07) is 8.51. The Bertz CT molecular complexity index is 480. The van der Waals surface area contributed by atoms with Crippen LogP contribution in [0.3, 0.4) is 0 Å². The van der Waals surface area contributed by atoms with E-state index in [0.717, 1.165) is 32.4 Å². The smallest absolute Gasteiger partial charge is 0.147 e. The molecule has 3 nitrogen and oxygen atoms in total. The molecule has 0 radical (unpaired) electrons. The van der Waals surface area contributed by atoms with Crippen molar-refractivity contribution < 1.29 is 8.42 Å². The topological polar surface area (TPSA) is 46.2 Å². The summed E-state index contributed by atoms with van der Waals surface area (Å²) >= 11 is 0. The lowest BCUT2D eigenvalue weighted by Crippen LogP contribution is -2.26. The molecule has 1 aromatic rings. The van der Waals surface area contributed by atoms with Gasteiger partial charge in [0.1, 0.15) is 9.84 Å². The maximum atomic E-state index is 11.3. The molecule has 0 fully saturated rings. The van der Waals surface area contributed by atoms with E-state index in [2.05, 4.69) is 43.4 Å². The summed E-state index contributed by atoms with van der Waals surface area (Å²) in [6.07, 6.45) is 4.08. The highest BCUT2D eigenvalue weighted by Gasteiger charge is 2.13. The predicted molar refractivity (Wildman–Crippen MR) is 85.9 cm³/mol. The van der Waals surface area contributed by atoms with Gasteiger partial charge in [0, 0.05) is 6.26 Å². The predicted octanol–water partition coefficient (Wildman–Crippen LogP) is 2.59. The van der Waals surface area contributed by atoms with Gasteiger partial charge in [-0.3, -0.25) is 0 Å². The number of sulfone groups is 1. The molecule has 0 saturated heterocycles. The molecule has 0 bridgehead atoms. The summed E-state index contributed by atoms with van der Waals surface area (Å²) in [6.45, 7) is 6.09. The van der Waals surface area contributed by atoms with Crippen molar-refractivity contribution in [1.29, 1.82) is 0 Å². The van der Waals surface area contributed by atoms with E-state index in [1.165, 1.54) is 17.4 Å². The molecule has 0 aliphatic carbocycles. The Morgan fingerprint density at radius 1 is 1.20 bits per heavy atom. The van der Waals surface area contributed by atoms with Crippen molar-refractivity contribution in [2.75, 3.05) is 25.1 Å². The minimum atomic E-state index is -2.88. The fourth-order valence-corrected chi connectivity index (χ4v) is 2.96. The maximum Gasteiger partial charge on any atom is 0.147 e. The first-order chi connectivity index (χ1) is 9.40. The van der Waals surface area contributed by atoms with Crippen LogP contribution in [0.15, 0.2) is 24.3 Å². The number of hydrogen-bond acceptors (Lipinski definition) is 3. The summed E-state index contributed by atoms with van der Waals surface area (Å²) in [5, 5.41) is 3.41. The number of nitrogens with one attached hydrogen (secondary N) is 1. The fraction of sp³-hybridized carbons (Fsp3) is 0.625. The third-order valence-electron chi connectivity index (χ3n) is 3.40. The van der Waals surface area contributed by atoms with Gasteiger partial charge in [0.15, 0.2) is 0 Å². The molecule has 0 aliphatic rings. The van der Waals surface area contributed by atoms with Crippen LogP contribution in [0.2, 0.25) is 0 Å². The third kappa shape index (κ3) is 7.65. The Balaban J connectivity index is 2.58. The van der Waals surface area contributed by atoms with E-state index in [-0.39, 0.29) is 5.75 Å². The fourth-order valence-electron chi connectivity index (χ4n) is 2.20. The van der Waals surface area contributed by atoms with Gasteiger partial charge >= 0.3 is 0 Å². The molecular formula is C16H27NO2S. The summed E-state index contributed by atoms with van der Waals surface area (Å²) in [5.41, 5.74) is 2.54. The summed E-state index contributed by atoms with van der Waals surface area (Å²) in [4.78, 5) is 0. The first-order valence-electron chi connectivity index (χ1n) is 7.34. The van der Waals surface area contributed by atoms with Crippen molar-refractivity contribution in [2.24, 2.45) is 5.92 Å². The second-order valence-electron chi connectivity index (χ2n) is 5.68. The average molecular weight is 297 g/mol. The van der Waals surface area contributed by atoms with Crippen LogP contribution in [-0.4, -0.2) is 33.5 Å². The van der Waals surface area contributed by atoms with Crippen LogP contribution in [0.25, 0.3) is 0 Å². The van der Waals surface area contributed by atoms with Crippen molar-refractivity contribution >= 4 is 9.84 Å². The zero-order valence-electron chi connectivity index (χ0n) is 12.9. The quantitative estimate of drug-likeness (QED) is 0.713. The molecule has 114 valence electrons. The first kappa shape index (κ1) is 17.2. The average Bonchev–Trinajstić information content (AvgIpc) is 2.37. The molecule has 20 heavy (non-hydrogen) atoms. The minimum Gasteiger partial charge on any atom is -0.316 e. The van der Waals surface area contributed by atoms with Gasteiger partial charge in [-0.2, -0.15) is 0 Å². The van der Waals surface area contributed by atoms with Crippen molar-refractivity contribution in [3.8, 4) is 0 Å². The molecule has 1 rings (SSSR count). The van der Waals surface area contributed by atoms with Crippen LogP contribution >= 0.6 is 0 Å². The molecule has 0 aliphatic heterocycles. The lowest BCUT2D eigenvalue weighted by molar-refractivity contribution is 0.459. The van der Waals surface area contributed by atoms with Crippen LogP contribution in [0.1, 0.15) is 30.9 Å². The van der Waals surface area contributed by atoms with Crippen molar-refractivity contribution in [1.82, 2.24) is 5.32 Å². The van der Waals surface area contributed by atoms with E-state index < -0.39 is 9.84 Å². The largest absolute Gasteiger partial charge is 0.316 e. The molecule has 0 amide bonds. The van der Waals surface area contributed by atoms with E-state index >= 15 is 0 Å². The molecule has 1 atom stereocenters. The standard InChI is InChI=1S/C16H27NO2S/c1-4-10-17-13-16(9-11-20(3,18)19)12-15-7-5-14(2)6-8-15/h5-8,16-17H,4,9-13H2,1-3H3. The maximum absolute atomic E-state index is 11.3. The molecule has 1 N–H and O–H groups in total. The Labute approximate surface area is 123 Å². The second kappa shape index (κ2) is 8.42. The van der Waals surface area contributed by atoms with Crippen molar-refractivity contribution in [3.63, 3.8) is 0 Å². The van der Waals surface area contributed by atoms with E-state index in [1.54, 1.807) is 0 Å². The van der Waals surface area contributed by atoms with Gasteiger partial charge in [-0.25, -0.2) is 8.42 Å². The molecule has 4 heteroatoms. The molecule has 0 heterocycles. The number of aryl methyl sites for hydroxylation is 1. The third-order valence-corrected chi connectivity index (χ3v) is 4.38. The van der Waals surface area contributed by atoms with Gasteiger partial charge in [0.05, 0.1) is 5.75 Å². The van der Waals surface area contributed by atoms with Crippen LogP contribution < -0.4 is 5.32 Å². The SMILES string of the molecule is CCCNCC(CCS(C)(=O)=O)Cc1ccc(C)cc1. The molecule has 0 saturated carbocycles. The number of benzene rings is 1. The Hall–Kier alpha value is -0.870. The molecule has 0 spiro atoms. The van der Waals surface area contributed by atoms with Crippen LogP contribution in [-0.2, 0) is 16.3 Å². The van der Waals surface area contributed by atoms with Gasteiger partial charge < -0.3 is 5.32 Å². The van der Waals surface area contributed by atoms with E-state index in [9.17, 15) is 8.42 Å². The normalized spacial score (nSPS) is 13.3. The molecule has 1 unspecified atom stereocenters. The van der Waals surface area contributed by atoms with E-state index in [1.807, 2.05) is 0 Å². The van der Waals surface area contributed by atoms with E-state index in [0.29, 0.717) is 5.92 Å². The van der Waals surface area contributed by atoms with Gasteiger partial charge in [-0.05, 0) is 50.8 Å². The van der Waals surface area contributed by atoms with Crippen LogP contribution in [0.5, 0.6) is 0 Å². The Morgan fingerprint density at radius 2 is 1.85 bits per heavy atom. The zero-order chi connectivity index (χ0) is 15.0. The summed E-state index contributed by atoms with van der Waals surface area (Å²) in [5.74, 6) is 0.649. The lowest BCUT2D eigenvalue weighted by atomic mass is 9.96. The zero-order valence-corrected chi connectivity index (χ0v) is 13.7. The highest BCUT2D eigenvalue weighted by molar-refractivity contribution is 7.90. The number of rotatable bonds is 9. The van der Waals surface area contributed by atoms with Crippen molar-refractivity contribution in [3.05, 3.63) is 35.4 Å². The summed E-state index contributed by atoms with van der Waals surface area (Å²) < 4.78 is 22.7. The lowest BCUT2D eigenvalue weighted by Gasteiger charge is -2.17. The monoisotopic (exact) mass is 297 g/mol. The molecule has 1 aromatic carbocycles. The van der Waals surface area contributed by atoms with Crippen LogP contribution in [0, 0.1) is 12.8 Å². The molecular weight excluding hydrogens is 270 g/mol. The highest BCUT2D eigenvalue weighted by Crippen LogP contribution is 2.14. The molecule has 0 aromatic heterocycles. The Morgan fingerprint density at radius 3 is 2.40 bits per heavy atom. The summed E-state index contributed by atoms with van der Waals surface area (Å²) in [7, 11) is -2.88.